The molecule has 6 rings (SSSR count). The zero-order valence-electron chi connectivity index (χ0n) is 18.3. The molecule has 1 amide bonds. The third-order valence-corrected chi connectivity index (χ3v) is 6.05. The van der Waals surface area contributed by atoms with Crippen molar-refractivity contribution in [1.29, 1.82) is 0 Å². The quantitative estimate of drug-likeness (QED) is 0.421. The van der Waals surface area contributed by atoms with Crippen LogP contribution in [-0.4, -0.2) is 25.3 Å². The molecular formula is C27H21N5O2. The van der Waals surface area contributed by atoms with Crippen molar-refractivity contribution in [2.45, 2.75) is 13.1 Å². The van der Waals surface area contributed by atoms with Gasteiger partial charge >= 0.3 is 0 Å². The zero-order valence-corrected chi connectivity index (χ0v) is 18.3. The molecule has 0 unspecified atom stereocenters. The van der Waals surface area contributed by atoms with Crippen LogP contribution in [-0.2, 0) is 13.1 Å². The molecule has 0 saturated carbocycles. The van der Waals surface area contributed by atoms with Crippen molar-refractivity contribution in [2.24, 2.45) is 0 Å². The van der Waals surface area contributed by atoms with E-state index in [0.717, 1.165) is 39.5 Å². The molecule has 1 aliphatic heterocycles. The van der Waals surface area contributed by atoms with Crippen LogP contribution in [0.3, 0.4) is 0 Å². The Balaban J connectivity index is 1.39. The molecule has 166 valence electrons. The van der Waals surface area contributed by atoms with Crippen LogP contribution in [0.15, 0.2) is 91.3 Å². The van der Waals surface area contributed by atoms with Crippen molar-refractivity contribution >= 4 is 22.8 Å². The van der Waals surface area contributed by atoms with Gasteiger partial charge in [-0.2, -0.15) is 0 Å². The molecule has 3 aromatic carbocycles. The fourth-order valence-electron chi connectivity index (χ4n) is 4.48. The summed E-state index contributed by atoms with van der Waals surface area (Å²) in [5.74, 6) is 1.90. The maximum atomic E-state index is 13.1. The van der Waals surface area contributed by atoms with E-state index in [4.69, 9.17) is 10.5 Å². The van der Waals surface area contributed by atoms with Crippen LogP contribution >= 0.6 is 0 Å². The average molecular weight is 447 g/mol. The summed E-state index contributed by atoms with van der Waals surface area (Å²) < 4.78 is 8.00. The number of rotatable bonds is 4. The van der Waals surface area contributed by atoms with Crippen molar-refractivity contribution in [3.8, 4) is 17.2 Å². The highest BCUT2D eigenvalue weighted by molar-refractivity contribution is 5.96. The van der Waals surface area contributed by atoms with E-state index in [0.29, 0.717) is 24.5 Å². The topological polar surface area (TPSA) is 86.3 Å². The van der Waals surface area contributed by atoms with Gasteiger partial charge in [0, 0.05) is 16.8 Å². The molecule has 0 bridgehead atoms. The van der Waals surface area contributed by atoms with Gasteiger partial charge < -0.3 is 19.9 Å². The number of carbonyl (C=O) groups is 1. The predicted octanol–water partition coefficient (Wildman–Crippen LogP) is 4.95. The molecule has 0 radical (unpaired) electrons. The molecule has 7 heteroatoms. The number of para-hydroxylation sites is 1. The maximum absolute atomic E-state index is 13.1. The van der Waals surface area contributed by atoms with Gasteiger partial charge in [-0.25, -0.2) is 9.97 Å². The summed E-state index contributed by atoms with van der Waals surface area (Å²) in [5, 5.41) is 0. The van der Waals surface area contributed by atoms with Crippen molar-refractivity contribution in [2.75, 3.05) is 5.73 Å². The summed E-state index contributed by atoms with van der Waals surface area (Å²) in [6, 6.07) is 26.8. The van der Waals surface area contributed by atoms with E-state index in [-0.39, 0.29) is 5.91 Å². The molecular weight excluding hydrogens is 426 g/mol. The molecule has 2 N–H and O–H groups in total. The first-order valence-electron chi connectivity index (χ1n) is 11.0. The van der Waals surface area contributed by atoms with E-state index < -0.39 is 0 Å². The Bertz CT molecular complexity index is 1500. The fraction of sp³-hybridized carbons (Fsp3) is 0.0741. The number of amides is 1. The summed E-state index contributed by atoms with van der Waals surface area (Å²) >= 11 is 0. The number of carbonyl (C=O) groups excluding carboxylic acids is 1. The highest BCUT2D eigenvalue weighted by atomic mass is 16.5. The van der Waals surface area contributed by atoms with E-state index in [1.54, 1.807) is 0 Å². The third-order valence-electron chi connectivity index (χ3n) is 6.05. The number of hydrogen-bond donors (Lipinski definition) is 1. The summed E-state index contributed by atoms with van der Waals surface area (Å²) in [7, 11) is 0. The lowest BCUT2D eigenvalue weighted by atomic mass is 10.2. The Morgan fingerprint density at radius 3 is 2.24 bits per heavy atom. The lowest BCUT2D eigenvalue weighted by molar-refractivity contribution is 0.0750. The summed E-state index contributed by atoms with van der Waals surface area (Å²) in [5.41, 5.74) is 11.4. The molecule has 0 fully saturated rings. The first-order chi connectivity index (χ1) is 16.7. The molecule has 0 spiro atoms. The normalized spacial score (nSPS) is 12.6. The molecule has 1 aliphatic rings. The van der Waals surface area contributed by atoms with Gasteiger partial charge in [0.25, 0.3) is 5.91 Å². The Hall–Kier alpha value is -4.65. The van der Waals surface area contributed by atoms with Gasteiger partial charge in [0.2, 0.25) is 0 Å². The SMILES string of the molecule is Nc1ncnc2c3c(n(-c4ccc(Oc5ccccc5)cc4)c12)CN(C(=O)c1ccccc1)C3. The number of ether oxygens (including phenoxy) is 1. The van der Waals surface area contributed by atoms with E-state index in [1.807, 2.05) is 89.8 Å². The highest BCUT2D eigenvalue weighted by Crippen LogP contribution is 2.37. The van der Waals surface area contributed by atoms with Crippen LogP contribution in [0.1, 0.15) is 21.6 Å². The molecule has 0 saturated heterocycles. The number of aromatic nitrogens is 3. The number of nitrogens with two attached hydrogens (primary N) is 1. The van der Waals surface area contributed by atoms with Crippen molar-refractivity contribution in [1.82, 2.24) is 19.4 Å². The standard InChI is InChI=1S/C27H21N5O2/c28-26-25-24(29-17-30-26)22-15-31(27(33)18-7-3-1-4-8-18)16-23(22)32(25)19-11-13-21(14-12-19)34-20-9-5-2-6-10-20/h1-14,17H,15-16H2,(H2,28,29,30). The van der Waals surface area contributed by atoms with Gasteiger partial charge in [-0.15, -0.1) is 0 Å². The number of fused-ring (bicyclic) bond motifs is 3. The van der Waals surface area contributed by atoms with Gasteiger partial charge in [-0.3, -0.25) is 4.79 Å². The van der Waals surface area contributed by atoms with Crippen LogP contribution < -0.4 is 10.5 Å². The van der Waals surface area contributed by atoms with Crippen LogP contribution in [0.5, 0.6) is 11.5 Å². The van der Waals surface area contributed by atoms with Crippen LogP contribution in [0.4, 0.5) is 5.82 Å². The molecule has 0 aliphatic carbocycles. The van der Waals surface area contributed by atoms with E-state index in [2.05, 4.69) is 14.5 Å². The van der Waals surface area contributed by atoms with Gasteiger partial charge in [-0.05, 0) is 48.5 Å². The van der Waals surface area contributed by atoms with Crippen molar-refractivity contribution in [3.05, 3.63) is 108 Å². The van der Waals surface area contributed by atoms with Crippen LogP contribution in [0, 0.1) is 0 Å². The van der Waals surface area contributed by atoms with E-state index in [1.165, 1.54) is 6.33 Å². The Labute approximate surface area is 196 Å². The van der Waals surface area contributed by atoms with E-state index in [9.17, 15) is 4.79 Å². The Morgan fingerprint density at radius 2 is 1.50 bits per heavy atom. The second-order valence-electron chi connectivity index (χ2n) is 8.15. The van der Waals surface area contributed by atoms with Gasteiger partial charge in [0.05, 0.1) is 24.3 Å². The highest BCUT2D eigenvalue weighted by Gasteiger charge is 2.32. The predicted molar refractivity (Wildman–Crippen MR) is 130 cm³/mol. The second-order valence-corrected chi connectivity index (χ2v) is 8.15. The average Bonchev–Trinajstić information content (AvgIpc) is 3.44. The molecule has 3 heterocycles. The van der Waals surface area contributed by atoms with Crippen molar-refractivity contribution < 1.29 is 9.53 Å². The van der Waals surface area contributed by atoms with Gasteiger partial charge in [-0.1, -0.05) is 36.4 Å². The van der Waals surface area contributed by atoms with Crippen LogP contribution in [0.25, 0.3) is 16.7 Å². The first kappa shape index (κ1) is 20.0. The zero-order chi connectivity index (χ0) is 23.1. The summed E-state index contributed by atoms with van der Waals surface area (Å²) in [6.45, 7) is 0.930. The maximum Gasteiger partial charge on any atom is 0.254 e. The number of nitrogen functional groups attached to an aromatic ring is 1. The van der Waals surface area contributed by atoms with Gasteiger partial charge in [0.15, 0.2) is 5.82 Å². The lowest BCUT2D eigenvalue weighted by Gasteiger charge is -2.18. The smallest absolute Gasteiger partial charge is 0.254 e. The number of anilines is 1. The minimum atomic E-state index is -0.00913. The third kappa shape index (κ3) is 3.34. The molecule has 34 heavy (non-hydrogen) atoms. The molecule has 2 aromatic heterocycles. The number of hydrogen-bond acceptors (Lipinski definition) is 5. The first-order valence-corrected chi connectivity index (χ1v) is 11.0. The Morgan fingerprint density at radius 1 is 0.824 bits per heavy atom. The minimum Gasteiger partial charge on any atom is -0.457 e. The minimum absolute atomic E-state index is 0.00913. The van der Waals surface area contributed by atoms with Crippen LogP contribution in [0.2, 0.25) is 0 Å². The second kappa shape index (κ2) is 8.04. The lowest BCUT2D eigenvalue weighted by Crippen LogP contribution is -2.26. The number of nitrogens with zero attached hydrogens (tertiary/aromatic N) is 4. The molecule has 5 aromatic rings. The summed E-state index contributed by atoms with van der Waals surface area (Å²) in [6.07, 6.45) is 1.47. The largest absolute Gasteiger partial charge is 0.457 e. The number of benzene rings is 3. The Kier molecular flexibility index (Phi) is 4.73. The molecule has 7 nitrogen and oxygen atoms in total. The summed E-state index contributed by atoms with van der Waals surface area (Å²) in [4.78, 5) is 23.7. The molecule has 0 atom stereocenters. The van der Waals surface area contributed by atoms with Crippen molar-refractivity contribution in [3.63, 3.8) is 0 Å². The monoisotopic (exact) mass is 447 g/mol. The fourth-order valence-corrected chi connectivity index (χ4v) is 4.48. The van der Waals surface area contributed by atoms with E-state index >= 15 is 0 Å². The van der Waals surface area contributed by atoms with Gasteiger partial charge in [0.1, 0.15) is 23.3 Å².